The lowest BCUT2D eigenvalue weighted by molar-refractivity contribution is -0.107. The molecule has 1 aliphatic heterocycles. The number of carbonyl (C=O) groups excluding carboxylic acids is 1. The maximum Gasteiger partial charge on any atom is 0.229 e. The Morgan fingerprint density at radius 2 is 1.89 bits per heavy atom. The number of piperidine rings is 1. The minimum Gasteiger partial charge on any atom is -0.394 e. The number of aliphatic hydroxyl groups is 1. The highest BCUT2D eigenvalue weighted by Gasteiger charge is 2.28. The second kappa shape index (κ2) is 13.9. The van der Waals surface area contributed by atoms with Crippen LogP contribution < -0.4 is 4.90 Å². The standard InChI is InChI=1S/C27H31N3O4S/c1-20-24(18-28)3-2-8-30(20)26-7-6-22-15-21(4-5-23(22)17-26)16-25(19-29)27(32)35-14-13-34-12-11-33-10-9-31/h4-7,15-17,20,24,31H,2-3,8-14H2,1H3/b25-16+. The molecule has 0 aliphatic carbocycles. The molecule has 1 N–H and O–H groups in total. The van der Waals surface area contributed by atoms with E-state index >= 15 is 0 Å². The zero-order valence-electron chi connectivity index (χ0n) is 20.0. The van der Waals surface area contributed by atoms with Crippen LogP contribution in [0.3, 0.4) is 0 Å². The van der Waals surface area contributed by atoms with E-state index in [4.69, 9.17) is 14.6 Å². The van der Waals surface area contributed by atoms with Crippen LogP contribution in [-0.2, 0) is 14.3 Å². The lowest BCUT2D eigenvalue weighted by atomic mass is 9.91. The molecular formula is C27H31N3O4S. The molecule has 2 unspecified atom stereocenters. The Kier molecular flexibility index (Phi) is 10.6. The number of nitriles is 2. The van der Waals surface area contributed by atoms with Crippen LogP contribution in [0, 0.1) is 28.6 Å². The van der Waals surface area contributed by atoms with E-state index in [1.165, 1.54) is 0 Å². The molecule has 1 fully saturated rings. The second-order valence-corrected chi connectivity index (χ2v) is 9.42. The SMILES string of the molecule is CC1C(C#N)CCCN1c1ccc2cc(/C=C(\C#N)C(=O)SCCOCCOCCO)ccc2c1. The predicted molar refractivity (Wildman–Crippen MR) is 139 cm³/mol. The number of hydrogen-bond donors (Lipinski definition) is 1. The van der Waals surface area contributed by atoms with E-state index in [1.54, 1.807) is 6.08 Å². The minimum absolute atomic E-state index is 0.0204. The molecule has 2 atom stereocenters. The number of rotatable bonds is 11. The highest BCUT2D eigenvalue weighted by molar-refractivity contribution is 8.14. The molecule has 2 aromatic rings. The number of carbonyl (C=O) groups is 1. The van der Waals surface area contributed by atoms with Crippen molar-refractivity contribution in [2.45, 2.75) is 25.8 Å². The zero-order valence-corrected chi connectivity index (χ0v) is 20.8. The van der Waals surface area contributed by atoms with E-state index in [9.17, 15) is 15.3 Å². The number of aliphatic hydroxyl groups excluding tert-OH is 1. The monoisotopic (exact) mass is 493 g/mol. The lowest BCUT2D eigenvalue weighted by Gasteiger charge is -2.38. The van der Waals surface area contributed by atoms with Crippen molar-refractivity contribution in [3.05, 3.63) is 47.5 Å². The van der Waals surface area contributed by atoms with Crippen molar-refractivity contribution < 1.29 is 19.4 Å². The fourth-order valence-corrected chi connectivity index (χ4v) is 4.81. The summed E-state index contributed by atoms with van der Waals surface area (Å²) in [7, 11) is 0. The molecule has 0 spiro atoms. The van der Waals surface area contributed by atoms with Crippen molar-refractivity contribution in [1.82, 2.24) is 0 Å². The van der Waals surface area contributed by atoms with Crippen LogP contribution in [0.25, 0.3) is 16.8 Å². The Morgan fingerprint density at radius 1 is 1.14 bits per heavy atom. The van der Waals surface area contributed by atoms with Gasteiger partial charge in [-0.25, -0.2) is 0 Å². The fourth-order valence-electron chi connectivity index (χ4n) is 4.16. The number of ether oxygens (including phenoxy) is 2. The Hall–Kier alpha value is -2.88. The third-order valence-electron chi connectivity index (χ3n) is 6.05. The number of nitrogens with zero attached hydrogens (tertiary/aromatic N) is 3. The molecule has 35 heavy (non-hydrogen) atoms. The van der Waals surface area contributed by atoms with Gasteiger partial charge in [-0.3, -0.25) is 4.79 Å². The summed E-state index contributed by atoms with van der Waals surface area (Å²) in [6, 6.07) is 16.8. The van der Waals surface area contributed by atoms with E-state index in [0.717, 1.165) is 53.2 Å². The first kappa shape index (κ1) is 26.7. The van der Waals surface area contributed by atoms with Gasteiger partial charge in [-0.15, -0.1) is 0 Å². The van der Waals surface area contributed by atoms with Gasteiger partial charge >= 0.3 is 0 Å². The molecule has 8 heteroatoms. The summed E-state index contributed by atoms with van der Waals surface area (Å²) in [5.74, 6) is 0.490. The summed E-state index contributed by atoms with van der Waals surface area (Å²) in [5, 5.41) is 29.4. The smallest absolute Gasteiger partial charge is 0.229 e. The molecule has 0 saturated carbocycles. The van der Waals surface area contributed by atoms with Gasteiger partial charge in [0, 0.05) is 24.0 Å². The van der Waals surface area contributed by atoms with Crippen molar-refractivity contribution in [2.24, 2.45) is 5.92 Å². The maximum atomic E-state index is 12.5. The van der Waals surface area contributed by atoms with Crippen molar-refractivity contribution in [1.29, 1.82) is 10.5 Å². The Bertz CT molecular complexity index is 1120. The van der Waals surface area contributed by atoms with E-state index in [1.807, 2.05) is 24.3 Å². The van der Waals surface area contributed by atoms with E-state index < -0.39 is 0 Å². The lowest BCUT2D eigenvalue weighted by Crippen LogP contribution is -2.43. The summed E-state index contributed by atoms with van der Waals surface area (Å²) in [5.41, 5.74) is 2.01. The van der Waals surface area contributed by atoms with Gasteiger partial charge in [-0.2, -0.15) is 10.5 Å². The summed E-state index contributed by atoms with van der Waals surface area (Å²) < 4.78 is 10.5. The Labute approximate surface area is 210 Å². The molecule has 0 radical (unpaired) electrons. The number of benzene rings is 2. The van der Waals surface area contributed by atoms with Gasteiger partial charge in [0.25, 0.3) is 0 Å². The van der Waals surface area contributed by atoms with Crippen LogP contribution in [0.2, 0.25) is 0 Å². The molecule has 3 rings (SSSR count). The third-order valence-corrected chi connectivity index (χ3v) is 6.91. The number of hydrogen-bond acceptors (Lipinski definition) is 8. The normalized spacial score (nSPS) is 18.3. The Morgan fingerprint density at radius 3 is 2.63 bits per heavy atom. The number of anilines is 1. The molecule has 1 heterocycles. The molecule has 184 valence electrons. The van der Waals surface area contributed by atoms with Crippen LogP contribution in [0.4, 0.5) is 5.69 Å². The average molecular weight is 494 g/mol. The zero-order chi connectivity index (χ0) is 25.0. The van der Waals surface area contributed by atoms with Crippen molar-refractivity contribution in [2.75, 3.05) is 50.2 Å². The summed E-state index contributed by atoms with van der Waals surface area (Å²) in [6.45, 7) is 4.48. The van der Waals surface area contributed by atoms with Crippen molar-refractivity contribution in [3.63, 3.8) is 0 Å². The van der Waals surface area contributed by atoms with Gasteiger partial charge < -0.3 is 19.5 Å². The second-order valence-electron chi connectivity index (χ2n) is 8.36. The molecular weight excluding hydrogens is 462 g/mol. The van der Waals surface area contributed by atoms with Gasteiger partial charge in [-0.05, 0) is 60.4 Å². The van der Waals surface area contributed by atoms with Gasteiger partial charge in [0.1, 0.15) is 11.6 Å². The maximum absolute atomic E-state index is 12.5. The third kappa shape index (κ3) is 7.55. The van der Waals surface area contributed by atoms with Gasteiger partial charge in [0.05, 0.1) is 45.0 Å². The summed E-state index contributed by atoms with van der Waals surface area (Å²) in [6.07, 6.45) is 3.58. The first-order chi connectivity index (χ1) is 17.1. The number of fused-ring (bicyclic) bond motifs is 1. The van der Waals surface area contributed by atoms with Crippen LogP contribution in [-0.4, -0.2) is 61.6 Å². The molecule has 0 amide bonds. The largest absolute Gasteiger partial charge is 0.394 e. The van der Waals surface area contributed by atoms with E-state index in [2.05, 4.69) is 36.1 Å². The van der Waals surface area contributed by atoms with Crippen LogP contribution in [0.15, 0.2) is 42.0 Å². The summed E-state index contributed by atoms with van der Waals surface area (Å²) in [4.78, 5) is 14.8. The summed E-state index contributed by atoms with van der Waals surface area (Å²) >= 11 is 1.06. The first-order valence-corrected chi connectivity index (χ1v) is 12.8. The van der Waals surface area contributed by atoms with Crippen LogP contribution >= 0.6 is 11.8 Å². The topological polar surface area (TPSA) is 107 Å². The minimum atomic E-state index is -0.283. The molecule has 2 aromatic carbocycles. The highest BCUT2D eigenvalue weighted by atomic mass is 32.2. The van der Waals surface area contributed by atoms with Gasteiger partial charge in [-0.1, -0.05) is 30.0 Å². The quantitative estimate of drug-likeness (QED) is 0.283. The molecule has 1 aliphatic rings. The van der Waals surface area contributed by atoms with Crippen LogP contribution in [0.1, 0.15) is 25.3 Å². The highest BCUT2D eigenvalue weighted by Crippen LogP contribution is 2.31. The molecule has 7 nitrogen and oxygen atoms in total. The van der Waals surface area contributed by atoms with E-state index in [0.29, 0.717) is 25.6 Å². The van der Waals surface area contributed by atoms with Crippen molar-refractivity contribution in [3.8, 4) is 12.1 Å². The Balaban J connectivity index is 1.61. The average Bonchev–Trinajstić information content (AvgIpc) is 2.88. The van der Waals surface area contributed by atoms with E-state index in [-0.39, 0.29) is 35.9 Å². The predicted octanol–water partition coefficient (Wildman–Crippen LogP) is 4.16. The van der Waals surface area contributed by atoms with Gasteiger partial charge in [0.2, 0.25) is 5.12 Å². The van der Waals surface area contributed by atoms with Gasteiger partial charge in [0.15, 0.2) is 0 Å². The molecule has 0 bridgehead atoms. The molecule has 0 aromatic heterocycles. The molecule has 1 saturated heterocycles. The number of thioether (sulfide) groups is 1. The van der Waals surface area contributed by atoms with Crippen LogP contribution in [0.5, 0.6) is 0 Å². The first-order valence-electron chi connectivity index (χ1n) is 11.8. The fraction of sp³-hybridized carbons (Fsp3) is 0.444. The van der Waals surface area contributed by atoms with Crippen molar-refractivity contribution >= 4 is 39.4 Å².